The Morgan fingerprint density at radius 1 is 1.47 bits per heavy atom. The highest BCUT2D eigenvalue weighted by Gasteiger charge is 2.66. The topological polar surface area (TPSA) is 82.6 Å². The highest BCUT2D eigenvalue weighted by atomic mass is 16.6. The van der Waals surface area contributed by atoms with Gasteiger partial charge in [-0.1, -0.05) is 0 Å². The van der Waals surface area contributed by atoms with Crippen LogP contribution in [0.2, 0.25) is 0 Å². The summed E-state index contributed by atoms with van der Waals surface area (Å²) in [6, 6.07) is 0. The molecule has 0 aromatic carbocycles. The van der Waals surface area contributed by atoms with Crippen molar-refractivity contribution in [2.45, 2.75) is 56.4 Å². The van der Waals surface area contributed by atoms with Crippen LogP contribution in [0.1, 0.15) is 20.8 Å². The van der Waals surface area contributed by atoms with E-state index in [1.807, 2.05) is 0 Å². The number of fused-ring (bicyclic) bond motifs is 1. The first-order valence-corrected chi connectivity index (χ1v) is 5.75. The molecule has 17 heavy (non-hydrogen) atoms. The van der Waals surface area contributed by atoms with Gasteiger partial charge in [-0.05, 0) is 32.4 Å². The van der Waals surface area contributed by atoms with Gasteiger partial charge < -0.3 is 19.7 Å². The van der Waals surface area contributed by atoms with Crippen molar-refractivity contribution < 1.29 is 24.5 Å². The molecule has 5 nitrogen and oxygen atoms in total. The second-order valence-electron chi connectivity index (χ2n) is 5.73. The predicted octanol–water partition coefficient (Wildman–Crippen LogP) is -0.448. The van der Waals surface area contributed by atoms with Crippen molar-refractivity contribution in [3.63, 3.8) is 0 Å². The normalized spacial score (nSPS) is 48.5. The van der Waals surface area contributed by atoms with E-state index in [-0.39, 0.29) is 18.0 Å². The fourth-order valence-corrected chi connectivity index (χ4v) is 2.50. The van der Waals surface area contributed by atoms with E-state index in [1.165, 1.54) is 6.08 Å². The number of carbonyl (C=O) groups excluding carboxylic acids is 1. The first-order chi connectivity index (χ1) is 7.75. The molecule has 0 spiro atoms. The summed E-state index contributed by atoms with van der Waals surface area (Å²) in [5.74, 6) is -0.132. The Labute approximate surface area is 99.0 Å². The molecule has 2 aliphatic heterocycles. The zero-order valence-corrected chi connectivity index (χ0v) is 10.0. The van der Waals surface area contributed by atoms with Crippen LogP contribution in [-0.2, 0) is 14.3 Å². The molecule has 0 unspecified atom stereocenters. The first-order valence-electron chi connectivity index (χ1n) is 5.75. The molecule has 0 amide bonds. The number of carbonyl (C=O) groups is 1. The smallest absolute Gasteiger partial charge is 0.190 e. The molecule has 5 atom stereocenters. The number of rotatable bonds is 2. The third-order valence-electron chi connectivity index (χ3n) is 3.79. The lowest BCUT2D eigenvalue weighted by molar-refractivity contribution is -0.119. The fraction of sp³-hybridized carbons (Fsp3) is 0.750. The number of ether oxygens (including phenoxy) is 2. The summed E-state index contributed by atoms with van der Waals surface area (Å²) in [4.78, 5) is 11.8. The average molecular weight is 240 g/mol. The van der Waals surface area contributed by atoms with E-state index in [4.69, 9.17) is 9.47 Å². The van der Waals surface area contributed by atoms with E-state index in [2.05, 4.69) is 0 Å². The van der Waals surface area contributed by atoms with Gasteiger partial charge in [0, 0.05) is 0 Å². The van der Waals surface area contributed by atoms with Gasteiger partial charge in [0.25, 0.3) is 0 Å². The molecule has 5 heteroatoms. The standard InChI is InChI=1S/C12H16O5/c1-11(2,15)10-8(16-10)5-4-6(13)12(3)9(17-12)7(5)14/h4,7-10,14-15H,1-3H3/t7-,8-,9+,10-,12-/m1/s1. The lowest BCUT2D eigenvalue weighted by Crippen LogP contribution is -2.38. The van der Waals surface area contributed by atoms with Gasteiger partial charge in [0.05, 0.1) is 5.60 Å². The van der Waals surface area contributed by atoms with Crippen molar-refractivity contribution >= 4 is 5.78 Å². The molecule has 0 bridgehead atoms. The van der Waals surface area contributed by atoms with Gasteiger partial charge in [-0.3, -0.25) is 4.79 Å². The molecule has 3 aliphatic rings. The first kappa shape index (κ1) is 11.3. The van der Waals surface area contributed by atoms with Crippen LogP contribution in [0.3, 0.4) is 0 Å². The molecule has 1 aliphatic carbocycles. The maximum Gasteiger partial charge on any atom is 0.190 e. The summed E-state index contributed by atoms with van der Waals surface area (Å²) < 4.78 is 10.6. The van der Waals surface area contributed by atoms with Crippen molar-refractivity contribution in [1.29, 1.82) is 0 Å². The van der Waals surface area contributed by atoms with E-state index in [1.54, 1.807) is 20.8 Å². The van der Waals surface area contributed by atoms with Crippen LogP contribution in [0.15, 0.2) is 11.6 Å². The van der Waals surface area contributed by atoms with Crippen molar-refractivity contribution in [3.8, 4) is 0 Å². The Balaban J connectivity index is 1.82. The minimum Gasteiger partial charge on any atom is -0.388 e. The summed E-state index contributed by atoms with van der Waals surface area (Å²) in [7, 11) is 0. The van der Waals surface area contributed by atoms with Gasteiger partial charge in [-0.15, -0.1) is 0 Å². The van der Waals surface area contributed by atoms with Gasteiger partial charge >= 0.3 is 0 Å². The molecule has 0 aromatic heterocycles. The molecule has 2 saturated heterocycles. The largest absolute Gasteiger partial charge is 0.388 e. The number of hydrogen-bond donors (Lipinski definition) is 2. The zero-order valence-electron chi connectivity index (χ0n) is 10.0. The molecule has 2 fully saturated rings. The molecule has 94 valence electrons. The van der Waals surface area contributed by atoms with Crippen LogP contribution >= 0.6 is 0 Å². The zero-order chi connectivity index (χ0) is 12.6. The van der Waals surface area contributed by atoms with Crippen LogP contribution < -0.4 is 0 Å². The minimum absolute atomic E-state index is 0.132. The van der Waals surface area contributed by atoms with Gasteiger partial charge in [0.2, 0.25) is 0 Å². The quantitative estimate of drug-likeness (QED) is 0.639. The second kappa shape index (κ2) is 2.98. The highest BCUT2D eigenvalue weighted by Crippen LogP contribution is 2.49. The van der Waals surface area contributed by atoms with E-state index < -0.39 is 23.4 Å². The average Bonchev–Trinajstić information content (AvgIpc) is 3.03. The van der Waals surface area contributed by atoms with Crippen LogP contribution in [-0.4, -0.2) is 51.6 Å². The highest BCUT2D eigenvalue weighted by molar-refractivity contribution is 6.01. The molecular formula is C12H16O5. The summed E-state index contributed by atoms with van der Waals surface area (Å²) in [6.07, 6.45) is -0.594. The van der Waals surface area contributed by atoms with Gasteiger partial charge in [-0.25, -0.2) is 0 Å². The third kappa shape index (κ3) is 1.50. The molecule has 2 N–H and O–H groups in total. The van der Waals surface area contributed by atoms with Crippen LogP contribution in [0.4, 0.5) is 0 Å². The maximum absolute atomic E-state index is 11.8. The van der Waals surface area contributed by atoms with Crippen LogP contribution in [0.5, 0.6) is 0 Å². The van der Waals surface area contributed by atoms with E-state index in [9.17, 15) is 15.0 Å². The van der Waals surface area contributed by atoms with E-state index in [0.29, 0.717) is 5.57 Å². The molecule has 0 radical (unpaired) electrons. The van der Waals surface area contributed by atoms with Gasteiger partial charge in [0.15, 0.2) is 11.4 Å². The molecule has 2 heterocycles. The monoisotopic (exact) mass is 240 g/mol. The Kier molecular flexibility index (Phi) is 1.99. The summed E-state index contributed by atoms with van der Waals surface area (Å²) >= 11 is 0. The molecule has 3 rings (SSSR count). The van der Waals surface area contributed by atoms with Crippen molar-refractivity contribution in [2.75, 3.05) is 0 Å². The summed E-state index contributed by atoms with van der Waals surface area (Å²) in [5, 5.41) is 19.8. The van der Waals surface area contributed by atoms with E-state index in [0.717, 1.165) is 0 Å². The predicted molar refractivity (Wildman–Crippen MR) is 57.3 cm³/mol. The minimum atomic E-state index is -0.973. The van der Waals surface area contributed by atoms with Crippen LogP contribution in [0.25, 0.3) is 0 Å². The maximum atomic E-state index is 11.8. The summed E-state index contributed by atoms with van der Waals surface area (Å²) in [6.45, 7) is 4.97. The molecular weight excluding hydrogens is 224 g/mol. The molecule has 0 aromatic rings. The van der Waals surface area contributed by atoms with Gasteiger partial charge in [-0.2, -0.15) is 0 Å². The van der Waals surface area contributed by atoms with Crippen molar-refractivity contribution in [2.24, 2.45) is 0 Å². The third-order valence-corrected chi connectivity index (χ3v) is 3.79. The number of aliphatic hydroxyl groups excluding tert-OH is 1. The second-order valence-corrected chi connectivity index (χ2v) is 5.73. The lowest BCUT2D eigenvalue weighted by atomic mass is 9.84. The van der Waals surface area contributed by atoms with Crippen molar-refractivity contribution in [3.05, 3.63) is 11.6 Å². The number of ketones is 1. The fourth-order valence-electron chi connectivity index (χ4n) is 2.50. The number of epoxide rings is 2. The van der Waals surface area contributed by atoms with Crippen LogP contribution in [0, 0.1) is 0 Å². The Morgan fingerprint density at radius 3 is 2.65 bits per heavy atom. The Hall–Kier alpha value is -0.750. The lowest BCUT2D eigenvalue weighted by Gasteiger charge is -2.19. The van der Waals surface area contributed by atoms with Gasteiger partial charge in [0.1, 0.15) is 24.4 Å². The van der Waals surface area contributed by atoms with E-state index >= 15 is 0 Å². The number of hydrogen-bond acceptors (Lipinski definition) is 5. The Morgan fingerprint density at radius 2 is 2.12 bits per heavy atom. The number of aliphatic hydroxyl groups is 2. The van der Waals surface area contributed by atoms with Crippen molar-refractivity contribution in [1.82, 2.24) is 0 Å². The summed E-state index contributed by atoms with van der Waals surface area (Å²) in [5.41, 5.74) is -1.29. The Bertz CT molecular complexity index is 421. The molecule has 0 saturated carbocycles. The SMILES string of the molecule is CC(C)(O)[C@@H]1O[C@@H]1C1=CC(=O)[C@@]2(C)O[C@H]2[C@@H]1O.